The second-order valence-corrected chi connectivity index (χ2v) is 11.4. The van der Waals surface area contributed by atoms with E-state index in [0.29, 0.717) is 12.2 Å². The van der Waals surface area contributed by atoms with Gasteiger partial charge in [-0.1, -0.05) is 19.9 Å². The molecule has 0 spiro atoms. The molecule has 11 heteroatoms. The molecule has 0 aliphatic rings. The standard InChI is InChI=1S/C26H38N4O6S/c1-13(2)20(29)23(32)30-18-9-7-8-14(25(35)36-26(3,4)5)19(18)15(12-17(28)24(33)34)21(30)22(31)16(27)10-11-37-6/h7-9,13,16-17,20H,10-12,27-29H2,1-6H3,(H,33,34). The Labute approximate surface area is 221 Å². The molecule has 0 saturated carbocycles. The third-order valence-electron chi connectivity index (χ3n) is 5.88. The summed E-state index contributed by atoms with van der Waals surface area (Å²) >= 11 is 1.51. The van der Waals surface area contributed by atoms with Gasteiger partial charge in [0.25, 0.3) is 0 Å². The second-order valence-electron chi connectivity index (χ2n) is 10.4. The maximum Gasteiger partial charge on any atom is 0.339 e. The van der Waals surface area contributed by atoms with Crippen LogP contribution in [0.3, 0.4) is 0 Å². The minimum atomic E-state index is -1.41. The van der Waals surface area contributed by atoms with Crippen LogP contribution in [-0.4, -0.2) is 69.0 Å². The number of thioether (sulfide) groups is 1. The summed E-state index contributed by atoms with van der Waals surface area (Å²) in [5.41, 5.74) is 17.9. The zero-order chi connectivity index (χ0) is 28.2. The quantitative estimate of drug-likeness (QED) is 0.247. The Morgan fingerprint density at radius 3 is 2.22 bits per heavy atom. The largest absolute Gasteiger partial charge is 0.480 e. The number of nitrogens with two attached hydrogens (primary N) is 3. The summed E-state index contributed by atoms with van der Waals surface area (Å²) < 4.78 is 6.76. The highest BCUT2D eigenvalue weighted by Gasteiger charge is 2.35. The third-order valence-corrected chi connectivity index (χ3v) is 6.53. The Bertz CT molecular complexity index is 1180. The molecule has 0 saturated heterocycles. The molecule has 2 aromatic rings. The first-order chi connectivity index (χ1) is 17.1. The van der Waals surface area contributed by atoms with Crippen LogP contribution in [0.2, 0.25) is 0 Å². The average molecular weight is 535 g/mol. The molecule has 1 aromatic carbocycles. The van der Waals surface area contributed by atoms with E-state index in [0.717, 1.165) is 0 Å². The lowest BCUT2D eigenvalue weighted by Gasteiger charge is -2.20. The number of hydrogen-bond donors (Lipinski definition) is 4. The molecule has 0 amide bonds. The van der Waals surface area contributed by atoms with Crippen molar-refractivity contribution in [3.05, 3.63) is 35.0 Å². The molecular weight excluding hydrogens is 496 g/mol. The lowest BCUT2D eigenvalue weighted by Crippen LogP contribution is -2.42. The lowest BCUT2D eigenvalue weighted by molar-refractivity contribution is -0.138. The number of ketones is 1. The van der Waals surface area contributed by atoms with Crippen LogP contribution in [-0.2, 0) is 16.0 Å². The molecule has 10 nitrogen and oxygen atoms in total. The maximum absolute atomic E-state index is 13.8. The molecule has 0 fully saturated rings. The molecule has 2 rings (SSSR count). The SMILES string of the molecule is CSCCC(N)C(=O)c1c(CC(N)C(=O)O)c2c(C(=O)OC(C)(C)C)cccc2n1C(=O)C(N)C(C)C. The summed E-state index contributed by atoms with van der Waals surface area (Å²) in [6, 6.07) is 1.29. The van der Waals surface area contributed by atoms with Gasteiger partial charge in [-0.25, -0.2) is 4.79 Å². The van der Waals surface area contributed by atoms with E-state index in [9.17, 15) is 24.3 Å². The Hall–Kier alpha value is -2.73. The van der Waals surface area contributed by atoms with Crippen LogP contribution in [0.5, 0.6) is 0 Å². The van der Waals surface area contributed by atoms with Crippen LogP contribution < -0.4 is 17.2 Å². The minimum absolute atomic E-state index is 0.0800. The summed E-state index contributed by atoms with van der Waals surface area (Å²) in [7, 11) is 0. The minimum Gasteiger partial charge on any atom is -0.480 e. The third kappa shape index (κ3) is 6.98. The van der Waals surface area contributed by atoms with Crippen molar-refractivity contribution < 1.29 is 29.0 Å². The van der Waals surface area contributed by atoms with E-state index < -0.39 is 47.4 Å². The second kappa shape index (κ2) is 12.2. The number of carbonyl (C=O) groups excluding carboxylic acids is 3. The lowest BCUT2D eigenvalue weighted by atomic mass is 9.95. The van der Waals surface area contributed by atoms with E-state index in [1.807, 2.05) is 6.26 Å². The number of aromatic nitrogens is 1. The van der Waals surface area contributed by atoms with E-state index >= 15 is 0 Å². The van der Waals surface area contributed by atoms with Crippen molar-refractivity contribution in [2.45, 2.75) is 71.2 Å². The fourth-order valence-corrected chi connectivity index (χ4v) is 4.39. The van der Waals surface area contributed by atoms with Gasteiger partial charge in [0.15, 0.2) is 5.78 Å². The molecule has 0 bridgehead atoms. The smallest absolute Gasteiger partial charge is 0.339 e. The fraction of sp³-hybridized carbons (Fsp3) is 0.538. The van der Waals surface area contributed by atoms with E-state index in [4.69, 9.17) is 21.9 Å². The van der Waals surface area contributed by atoms with Crippen molar-refractivity contribution in [1.29, 1.82) is 0 Å². The van der Waals surface area contributed by atoms with Gasteiger partial charge in [-0.3, -0.25) is 19.0 Å². The van der Waals surface area contributed by atoms with E-state index in [-0.39, 0.29) is 40.1 Å². The number of ether oxygens (including phenoxy) is 1. The Morgan fingerprint density at radius 1 is 1.08 bits per heavy atom. The van der Waals surface area contributed by atoms with Crippen molar-refractivity contribution in [2.75, 3.05) is 12.0 Å². The predicted octanol–water partition coefficient (Wildman–Crippen LogP) is 2.44. The highest BCUT2D eigenvalue weighted by Crippen LogP contribution is 2.33. The van der Waals surface area contributed by atoms with Crippen LogP contribution in [0, 0.1) is 5.92 Å². The monoisotopic (exact) mass is 534 g/mol. The van der Waals surface area contributed by atoms with Gasteiger partial charge in [-0.15, -0.1) is 0 Å². The van der Waals surface area contributed by atoms with Crippen LogP contribution >= 0.6 is 11.8 Å². The molecule has 0 aliphatic heterocycles. The molecule has 0 radical (unpaired) electrons. The zero-order valence-corrected chi connectivity index (χ0v) is 23.1. The van der Waals surface area contributed by atoms with Gasteiger partial charge >= 0.3 is 11.9 Å². The van der Waals surface area contributed by atoms with Crippen LogP contribution in [0.4, 0.5) is 0 Å². The van der Waals surface area contributed by atoms with Crippen LogP contribution in [0.1, 0.15) is 72.2 Å². The van der Waals surface area contributed by atoms with E-state index in [1.165, 1.54) is 22.4 Å². The maximum atomic E-state index is 13.8. The van der Waals surface area contributed by atoms with Crippen molar-refractivity contribution in [3.8, 4) is 0 Å². The highest BCUT2D eigenvalue weighted by atomic mass is 32.2. The summed E-state index contributed by atoms with van der Waals surface area (Å²) in [6.07, 6.45) is 1.89. The number of fused-ring (bicyclic) bond motifs is 1. The normalized spacial score (nSPS) is 14.4. The van der Waals surface area contributed by atoms with Crippen LogP contribution in [0.25, 0.3) is 10.9 Å². The Kier molecular flexibility index (Phi) is 10.1. The first-order valence-corrected chi connectivity index (χ1v) is 13.5. The van der Waals surface area contributed by atoms with Crippen molar-refractivity contribution >= 4 is 46.3 Å². The molecule has 204 valence electrons. The number of carboxylic acids is 1. The molecule has 1 heterocycles. The summed E-state index contributed by atoms with van der Waals surface area (Å²) in [4.78, 5) is 52.4. The molecule has 3 unspecified atom stereocenters. The number of benzene rings is 1. The number of carbonyl (C=O) groups is 4. The molecular formula is C26H38N4O6S. The number of nitrogens with zero attached hydrogens (tertiary/aromatic N) is 1. The molecule has 1 aromatic heterocycles. The summed E-state index contributed by atoms with van der Waals surface area (Å²) in [5.74, 6) is -2.79. The van der Waals surface area contributed by atoms with E-state index in [2.05, 4.69) is 0 Å². The zero-order valence-electron chi connectivity index (χ0n) is 22.2. The van der Waals surface area contributed by atoms with Gasteiger partial charge in [-0.2, -0.15) is 11.8 Å². The molecule has 3 atom stereocenters. The first-order valence-electron chi connectivity index (χ1n) is 12.1. The Balaban J connectivity index is 3.01. The van der Waals surface area contributed by atoms with Crippen molar-refractivity contribution in [2.24, 2.45) is 23.1 Å². The Morgan fingerprint density at radius 2 is 1.70 bits per heavy atom. The number of hydrogen-bond acceptors (Lipinski definition) is 9. The number of Topliss-reactive ketones (excluding diaryl/α,β-unsaturated/α-hetero) is 1. The number of aliphatic carboxylic acids is 1. The van der Waals surface area contributed by atoms with Gasteiger partial charge in [0.2, 0.25) is 5.91 Å². The number of rotatable bonds is 11. The van der Waals surface area contributed by atoms with Gasteiger partial charge < -0.3 is 27.0 Å². The summed E-state index contributed by atoms with van der Waals surface area (Å²) in [5, 5.41) is 9.78. The number of esters is 1. The first kappa shape index (κ1) is 30.5. The fourth-order valence-electron chi connectivity index (χ4n) is 3.90. The average Bonchev–Trinajstić information content (AvgIpc) is 3.13. The molecule has 7 N–H and O–H groups in total. The van der Waals surface area contributed by atoms with Crippen molar-refractivity contribution in [3.63, 3.8) is 0 Å². The molecule has 37 heavy (non-hydrogen) atoms. The van der Waals surface area contributed by atoms with Gasteiger partial charge in [0.05, 0.1) is 28.9 Å². The topological polar surface area (TPSA) is 181 Å². The van der Waals surface area contributed by atoms with Gasteiger partial charge in [0.1, 0.15) is 11.6 Å². The van der Waals surface area contributed by atoms with E-state index in [1.54, 1.807) is 46.8 Å². The summed E-state index contributed by atoms with van der Waals surface area (Å²) in [6.45, 7) is 8.67. The highest BCUT2D eigenvalue weighted by molar-refractivity contribution is 7.98. The van der Waals surface area contributed by atoms with Gasteiger partial charge in [0, 0.05) is 11.8 Å². The predicted molar refractivity (Wildman–Crippen MR) is 145 cm³/mol. The van der Waals surface area contributed by atoms with Crippen molar-refractivity contribution in [1.82, 2.24) is 4.57 Å². The molecule has 0 aliphatic carbocycles. The number of carboxylic acid groups (broad SMARTS) is 1. The van der Waals surface area contributed by atoms with Gasteiger partial charge in [-0.05, 0) is 62.8 Å². The van der Waals surface area contributed by atoms with Crippen LogP contribution in [0.15, 0.2) is 18.2 Å².